The molecule has 1 heterocycles. The van der Waals surface area contributed by atoms with E-state index in [-0.39, 0.29) is 11.0 Å². The van der Waals surface area contributed by atoms with Gasteiger partial charge in [-0.2, -0.15) is 13.2 Å². The van der Waals surface area contributed by atoms with Gasteiger partial charge in [-0.1, -0.05) is 26.8 Å². The van der Waals surface area contributed by atoms with Crippen LogP contribution in [-0.2, 0) is 11.6 Å². The van der Waals surface area contributed by atoms with E-state index >= 15 is 0 Å². The van der Waals surface area contributed by atoms with Crippen LogP contribution in [-0.4, -0.2) is 0 Å². The minimum Gasteiger partial charge on any atom is -0.452 e. The number of furan rings is 1. The summed E-state index contributed by atoms with van der Waals surface area (Å²) in [6.45, 7) is 6.04. The van der Waals surface area contributed by atoms with Crippen LogP contribution in [0.1, 0.15) is 32.1 Å². The molecule has 92 valence electrons. The van der Waals surface area contributed by atoms with E-state index in [1.165, 1.54) is 0 Å². The maximum Gasteiger partial charge on any atom is 0.449 e. The highest BCUT2D eigenvalue weighted by Crippen LogP contribution is 2.35. The summed E-state index contributed by atoms with van der Waals surface area (Å²) in [5, 5.41) is 0.491. The molecule has 0 saturated carbocycles. The highest BCUT2D eigenvalue weighted by Gasteiger charge is 2.35. The highest BCUT2D eigenvalue weighted by molar-refractivity contribution is 5.79. The smallest absolute Gasteiger partial charge is 0.449 e. The molecule has 0 bridgehead atoms. The van der Waals surface area contributed by atoms with Gasteiger partial charge in [-0.05, 0) is 29.2 Å². The Morgan fingerprint density at radius 1 is 1.00 bits per heavy atom. The lowest BCUT2D eigenvalue weighted by Gasteiger charge is -2.18. The van der Waals surface area contributed by atoms with Crippen LogP contribution in [0.4, 0.5) is 13.2 Å². The zero-order valence-corrected chi connectivity index (χ0v) is 9.85. The minimum atomic E-state index is -4.43. The normalized spacial score (nSPS) is 13.3. The van der Waals surface area contributed by atoms with Crippen LogP contribution in [0.2, 0.25) is 0 Å². The zero-order chi connectivity index (χ0) is 12.8. The first kappa shape index (κ1) is 12.0. The Balaban J connectivity index is 2.56. The molecule has 1 aromatic heterocycles. The van der Waals surface area contributed by atoms with E-state index in [0.29, 0.717) is 5.39 Å². The number of hydrogen-bond acceptors (Lipinski definition) is 1. The molecule has 0 spiro atoms. The van der Waals surface area contributed by atoms with Crippen molar-refractivity contribution in [2.75, 3.05) is 0 Å². The number of hydrogen-bond donors (Lipinski definition) is 0. The topological polar surface area (TPSA) is 13.1 Å². The van der Waals surface area contributed by atoms with Crippen molar-refractivity contribution in [1.82, 2.24) is 0 Å². The van der Waals surface area contributed by atoms with Crippen LogP contribution in [0, 0.1) is 0 Å². The molecule has 2 rings (SSSR count). The van der Waals surface area contributed by atoms with Crippen molar-refractivity contribution in [3.05, 3.63) is 35.6 Å². The highest BCUT2D eigenvalue weighted by atomic mass is 19.4. The Hall–Kier alpha value is -1.45. The molecule has 0 saturated heterocycles. The van der Waals surface area contributed by atoms with Crippen molar-refractivity contribution in [2.24, 2.45) is 0 Å². The molecule has 0 N–H and O–H groups in total. The Morgan fingerprint density at radius 3 is 2.18 bits per heavy atom. The second-order valence-corrected chi connectivity index (χ2v) is 5.11. The van der Waals surface area contributed by atoms with E-state index in [1.807, 2.05) is 20.8 Å². The molecule has 1 nitrogen and oxygen atoms in total. The molecule has 0 radical (unpaired) electrons. The predicted octanol–water partition coefficient (Wildman–Crippen LogP) is 4.75. The summed E-state index contributed by atoms with van der Waals surface area (Å²) < 4.78 is 42.2. The van der Waals surface area contributed by atoms with Gasteiger partial charge in [-0.15, -0.1) is 0 Å². The van der Waals surface area contributed by atoms with Crippen molar-refractivity contribution in [3.8, 4) is 0 Å². The number of benzene rings is 1. The van der Waals surface area contributed by atoms with Gasteiger partial charge in [0.15, 0.2) is 0 Å². The third-order valence-corrected chi connectivity index (χ3v) is 2.66. The summed E-state index contributed by atoms with van der Waals surface area (Å²) in [5.74, 6) is -0.946. The van der Waals surface area contributed by atoms with Crippen molar-refractivity contribution < 1.29 is 17.6 Å². The second kappa shape index (κ2) is 3.52. The van der Waals surface area contributed by atoms with E-state index in [2.05, 4.69) is 0 Å². The predicted molar refractivity (Wildman–Crippen MR) is 59.9 cm³/mol. The van der Waals surface area contributed by atoms with Gasteiger partial charge in [0.1, 0.15) is 5.58 Å². The van der Waals surface area contributed by atoms with Gasteiger partial charge in [0.2, 0.25) is 5.76 Å². The molecule has 17 heavy (non-hydrogen) atoms. The van der Waals surface area contributed by atoms with Crippen LogP contribution in [0.25, 0.3) is 11.0 Å². The molecule has 0 aliphatic rings. The average Bonchev–Trinajstić information content (AvgIpc) is 2.57. The average molecular weight is 242 g/mol. The van der Waals surface area contributed by atoms with Crippen molar-refractivity contribution in [3.63, 3.8) is 0 Å². The Morgan fingerprint density at radius 2 is 1.65 bits per heavy atom. The maximum absolute atomic E-state index is 12.5. The first-order valence-corrected chi connectivity index (χ1v) is 5.29. The maximum atomic E-state index is 12.5. The van der Waals surface area contributed by atoms with Gasteiger partial charge in [0, 0.05) is 5.39 Å². The fraction of sp³-hybridized carbons (Fsp3) is 0.385. The SMILES string of the molecule is CC(C)(C)c1ccc2oc(C(F)(F)F)cc2c1. The quantitative estimate of drug-likeness (QED) is 0.649. The molecular weight excluding hydrogens is 229 g/mol. The van der Waals surface area contributed by atoms with E-state index in [0.717, 1.165) is 11.6 Å². The summed E-state index contributed by atoms with van der Waals surface area (Å²) in [6, 6.07) is 6.18. The Labute approximate surface area is 97.2 Å². The second-order valence-electron chi connectivity index (χ2n) is 5.11. The Kier molecular flexibility index (Phi) is 2.49. The number of alkyl halides is 3. The van der Waals surface area contributed by atoms with Gasteiger partial charge >= 0.3 is 6.18 Å². The molecule has 0 atom stereocenters. The van der Waals surface area contributed by atoms with Crippen LogP contribution >= 0.6 is 0 Å². The van der Waals surface area contributed by atoms with Crippen molar-refractivity contribution >= 4 is 11.0 Å². The monoisotopic (exact) mass is 242 g/mol. The van der Waals surface area contributed by atoms with Gasteiger partial charge < -0.3 is 4.42 Å². The Bertz CT molecular complexity index is 532. The van der Waals surface area contributed by atoms with Crippen LogP contribution in [0.5, 0.6) is 0 Å². The fourth-order valence-electron chi connectivity index (χ4n) is 1.65. The molecular formula is C13H13F3O. The summed E-state index contributed by atoms with van der Waals surface area (Å²) >= 11 is 0. The van der Waals surface area contributed by atoms with E-state index < -0.39 is 11.9 Å². The van der Waals surface area contributed by atoms with Gasteiger partial charge in [-0.25, -0.2) is 0 Å². The van der Waals surface area contributed by atoms with E-state index in [1.54, 1.807) is 18.2 Å². The van der Waals surface area contributed by atoms with Crippen LogP contribution in [0.3, 0.4) is 0 Å². The summed E-state index contributed by atoms with van der Waals surface area (Å²) in [4.78, 5) is 0. The van der Waals surface area contributed by atoms with E-state index in [4.69, 9.17) is 4.42 Å². The molecule has 2 aromatic rings. The lowest BCUT2D eigenvalue weighted by molar-refractivity contribution is -0.152. The molecule has 0 aliphatic heterocycles. The molecule has 1 aromatic carbocycles. The third-order valence-electron chi connectivity index (χ3n) is 2.66. The van der Waals surface area contributed by atoms with E-state index in [9.17, 15) is 13.2 Å². The first-order chi connectivity index (χ1) is 7.68. The van der Waals surface area contributed by atoms with Gasteiger partial charge in [-0.3, -0.25) is 0 Å². The summed E-state index contributed by atoms with van der Waals surface area (Å²) in [5.41, 5.74) is 1.16. The number of rotatable bonds is 0. The standard InChI is InChI=1S/C13H13F3O/c1-12(2,3)9-4-5-10-8(6-9)7-11(17-10)13(14,15)16/h4-7H,1-3H3. The summed E-state index contributed by atoms with van der Waals surface area (Å²) in [7, 11) is 0. The van der Waals surface area contributed by atoms with Crippen molar-refractivity contribution in [2.45, 2.75) is 32.4 Å². The summed E-state index contributed by atoms with van der Waals surface area (Å²) in [6.07, 6.45) is -4.43. The largest absolute Gasteiger partial charge is 0.452 e. The first-order valence-electron chi connectivity index (χ1n) is 5.29. The van der Waals surface area contributed by atoms with Gasteiger partial charge in [0.05, 0.1) is 0 Å². The molecule has 4 heteroatoms. The lowest BCUT2D eigenvalue weighted by Crippen LogP contribution is -2.10. The number of halogens is 3. The molecule has 0 unspecified atom stereocenters. The molecule has 0 amide bonds. The van der Waals surface area contributed by atoms with Gasteiger partial charge in [0.25, 0.3) is 0 Å². The van der Waals surface area contributed by atoms with Crippen molar-refractivity contribution in [1.29, 1.82) is 0 Å². The minimum absolute atomic E-state index is 0.0934. The zero-order valence-electron chi connectivity index (χ0n) is 9.85. The lowest BCUT2D eigenvalue weighted by atomic mass is 9.86. The van der Waals surface area contributed by atoms with Crippen LogP contribution in [0.15, 0.2) is 28.7 Å². The molecule has 0 fully saturated rings. The third kappa shape index (κ3) is 2.30. The fourth-order valence-corrected chi connectivity index (χ4v) is 1.65. The number of fused-ring (bicyclic) bond motifs is 1. The van der Waals surface area contributed by atoms with Crippen LogP contribution < -0.4 is 0 Å². The molecule has 0 aliphatic carbocycles.